The van der Waals surface area contributed by atoms with Crippen LogP contribution in [0.25, 0.3) is 0 Å². The summed E-state index contributed by atoms with van der Waals surface area (Å²) in [7, 11) is 1.34. The maximum atomic E-state index is 13.8. The van der Waals surface area contributed by atoms with E-state index in [4.69, 9.17) is 26.8 Å². The van der Waals surface area contributed by atoms with Crippen LogP contribution in [-0.2, 0) is 24.5 Å². The van der Waals surface area contributed by atoms with Gasteiger partial charge in [0.15, 0.2) is 0 Å². The van der Waals surface area contributed by atoms with Crippen molar-refractivity contribution in [3.8, 4) is 0 Å². The summed E-state index contributed by atoms with van der Waals surface area (Å²) >= 11 is 6.94. The van der Waals surface area contributed by atoms with Gasteiger partial charge in [-0.25, -0.2) is 0 Å². The van der Waals surface area contributed by atoms with Crippen LogP contribution in [0.5, 0.6) is 0 Å². The third kappa shape index (κ3) is 9.71. The fourth-order valence-electron chi connectivity index (χ4n) is 5.03. The first-order chi connectivity index (χ1) is 18.4. The molecular formula is C31H42O6S2. The smallest absolute Gasteiger partial charge is 0.322 e. The second-order valence-electron chi connectivity index (χ2n) is 11.1. The van der Waals surface area contributed by atoms with Crippen LogP contribution in [0.3, 0.4) is 0 Å². The van der Waals surface area contributed by atoms with E-state index >= 15 is 0 Å². The highest BCUT2D eigenvalue weighted by molar-refractivity contribution is 8.25. The molecule has 0 aliphatic heterocycles. The van der Waals surface area contributed by atoms with Crippen LogP contribution < -0.4 is 0 Å². The number of benzene rings is 2. The monoisotopic (exact) mass is 574 g/mol. The molecule has 0 aromatic heterocycles. The van der Waals surface area contributed by atoms with E-state index in [2.05, 4.69) is 13.8 Å². The third-order valence-corrected chi connectivity index (χ3v) is 8.60. The van der Waals surface area contributed by atoms with E-state index in [0.717, 1.165) is 11.1 Å². The zero-order valence-electron chi connectivity index (χ0n) is 23.6. The van der Waals surface area contributed by atoms with Gasteiger partial charge in [-0.05, 0) is 62.5 Å². The fourth-order valence-corrected chi connectivity index (χ4v) is 6.94. The fraction of sp³-hybridized carbons (Fsp3) is 0.516. The predicted octanol–water partition coefficient (Wildman–Crippen LogP) is 5.86. The van der Waals surface area contributed by atoms with Crippen LogP contribution in [0.4, 0.5) is 0 Å². The van der Waals surface area contributed by atoms with Gasteiger partial charge in [-0.2, -0.15) is 0 Å². The highest BCUT2D eigenvalue weighted by Crippen LogP contribution is 2.47. The SMILES string of the molecule is COC(=O)C(C)(CC(C)(CC(C)(C)c1ccccc1)C(=O)OCCCCC(O)CO)SC(=S)c1ccccc1. The molecule has 0 fully saturated rings. The number of thioether (sulfide) groups is 1. The number of carbonyl (C=O) groups is 2. The Kier molecular flexibility index (Phi) is 12.6. The lowest BCUT2D eigenvalue weighted by atomic mass is 9.67. The van der Waals surface area contributed by atoms with Gasteiger partial charge in [-0.15, -0.1) is 0 Å². The minimum absolute atomic E-state index is 0.155. The average Bonchev–Trinajstić information content (AvgIpc) is 2.92. The number of rotatable bonds is 15. The third-order valence-electron chi connectivity index (χ3n) is 6.93. The Hall–Kier alpha value is -2.26. The minimum atomic E-state index is -1.15. The molecule has 0 bridgehead atoms. The molecule has 3 atom stereocenters. The van der Waals surface area contributed by atoms with Gasteiger partial charge in [-0.3, -0.25) is 9.59 Å². The second kappa shape index (κ2) is 14.9. The molecule has 0 aliphatic carbocycles. The van der Waals surface area contributed by atoms with Crippen LogP contribution >= 0.6 is 24.0 Å². The average molecular weight is 575 g/mol. The Balaban J connectivity index is 2.35. The quantitative estimate of drug-likeness (QED) is 0.155. The van der Waals surface area contributed by atoms with Crippen LogP contribution in [0.2, 0.25) is 0 Å². The Morgan fingerprint density at radius 1 is 0.923 bits per heavy atom. The maximum absolute atomic E-state index is 13.8. The number of esters is 2. The standard InChI is InChI=1S/C31H42O6S2/c1-29(2,24-16-10-7-11-17-24)21-30(3,27(34)37-19-13-12-18-25(33)20-32)22-31(4,28(35)36-5)39-26(38)23-14-8-6-9-15-23/h6-11,14-17,25,32-33H,12-13,18-22H2,1-5H3. The number of aliphatic hydroxyl groups excluding tert-OH is 2. The normalized spacial score (nSPS) is 15.5. The Morgan fingerprint density at radius 3 is 2.08 bits per heavy atom. The molecule has 39 heavy (non-hydrogen) atoms. The van der Waals surface area contributed by atoms with Crippen LogP contribution in [0.15, 0.2) is 60.7 Å². The molecule has 0 saturated heterocycles. The van der Waals surface area contributed by atoms with Crippen molar-refractivity contribution in [2.24, 2.45) is 5.41 Å². The largest absolute Gasteiger partial charge is 0.468 e. The Labute approximate surface area is 242 Å². The van der Waals surface area contributed by atoms with Crippen molar-refractivity contribution in [1.82, 2.24) is 0 Å². The number of carbonyl (C=O) groups excluding carboxylic acids is 2. The molecule has 3 unspecified atom stereocenters. The summed E-state index contributed by atoms with van der Waals surface area (Å²) in [4.78, 5) is 27.0. The molecule has 214 valence electrons. The molecule has 8 heteroatoms. The summed E-state index contributed by atoms with van der Waals surface area (Å²) in [6.07, 6.45) is 1.41. The Bertz CT molecular complexity index is 1080. The van der Waals surface area contributed by atoms with E-state index < -0.39 is 33.6 Å². The highest BCUT2D eigenvalue weighted by Gasteiger charge is 2.49. The molecule has 0 amide bonds. The lowest BCUT2D eigenvalue weighted by Crippen LogP contribution is -2.45. The van der Waals surface area contributed by atoms with Crippen molar-refractivity contribution in [3.05, 3.63) is 71.8 Å². The van der Waals surface area contributed by atoms with E-state index in [1.54, 1.807) is 6.92 Å². The summed E-state index contributed by atoms with van der Waals surface area (Å²) in [6.45, 7) is 7.69. The Morgan fingerprint density at radius 2 is 1.51 bits per heavy atom. The van der Waals surface area contributed by atoms with Crippen LogP contribution in [0, 0.1) is 5.41 Å². The lowest BCUT2D eigenvalue weighted by Gasteiger charge is -2.40. The molecule has 0 spiro atoms. The highest BCUT2D eigenvalue weighted by atomic mass is 32.2. The van der Waals surface area contributed by atoms with Gasteiger partial charge in [0.1, 0.15) is 4.75 Å². The van der Waals surface area contributed by atoms with E-state index in [1.165, 1.54) is 18.9 Å². The van der Waals surface area contributed by atoms with Crippen molar-refractivity contribution >= 4 is 40.1 Å². The van der Waals surface area contributed by atoms with E-state index in [0.29, 0.717) is 29.9 Å². The number of hydrogen-bond donors (Lipinski definition) is 2. The zero-order valence-corrected chi connectivity index (χ0v) is 25.3. The topological polar surface area (TPSA) is 93.1 Å². The van der Waals surface area contributed by atoms with Crippen molar-refractivity contribution in [1.29, 1.82) is 0 Å². The summed E-state index contributed by atoms with van der Waals surface area (Å²) in [5, 5.41) is 18.6. The molecule has 0 radical (unpaired) electrons. The number of methoxy groups -OCH3 is 1. The minimum Gasteiger partial charge on any atom is -0.468 e. The second-order valence-corrected chi connectivity index (χ2v) is 13.3. The van der Waals surface area contributed by atoms with Crippen LogP contribution in [0.1, 0.15) is 70.9 Å². The van der Waals surface area contributed by atoms with Gasteiger partial charge < -0.3 is 19.7 Å². The molecule has 2 aromatic carbocycles. The molecular weight excluding hydrogens is 532 g/mol. The number of thiocarbonyl (C=S) groups is 1. The van der Waals surface area contributed by atoms with Crippen molar-refractivity contribution < 1.29 is 29.3 Å². The summed E-state index contributed by atoms with van der Waals surface area (Å²) < 4.78 is 10.4. The van der Waals surface area contributed by atoms with Gasteiger partial charge in [0, 0.05) is 0 Å². The summed E-state index contributed by atoms with van der Waals surface area (Å²) in [6, 6.07) is 19.5. The molecule has 2 aromatic rings. The number of hydrogen-bond acceptors (Lipinski definition) is 8. The van der Waals surface area contributed by atoms with E-state index in [9.17, 15) is 14.7 Å². The molecule has 0 saturated carbocycles. The van der Waals surface area contributed by atoms with Crippen LogP contribution in [-0.4, -0.2) is 57.5 Å². The van der Waals surface area contributed by atoms with E-state index in [1.807, 2.05) is 67.6 Å². The number of unbranched alkanes of at least 4 members (excludes halogenated alkanes) is 1. The van der Waals surface area contributed by atoms with Gasteiger partial charge in [-0.1, -0.05) is 98.5 Å². The van der Waals surface area contributed by atoms with Crippen molar-refractivity contribution in [2.75, 3.05) is 20.3 Å². The van der Waals surface area contributed by atoms with Gasteiger partial charge in [0.25, 0.3) is 0 Å². The summed E-state index contributed by atoms with van der Waals surface area (Å²) in [5.41, 5.74) is 0.453. The van der Waals surface area contributed by atoms with Crippen molar-refractivity contribution in [3.63, 3.8) is 0 Å². The first-order valence-electron chi connectivity index (χ1n) is 13.3. The first-order valence-corrected chi connectivity index (χ1v) is 14.5. The first kappa shape index (κ1) is 32.9. The van der Waals surface area contributed by atoms with Gasteiger partial charge in [0.05, 0.1) is 36.0 Å². The molecule has 0 heterocycles. The molecule has 6 nitrogen and oxygen atoms in total. The van der Waals surface area contributed by atoms with Gasteiger partial charge in [0.2, 0.25) is 0 Å². The van der Waals surface area contributed by atoms with Crippen molar-refractivity contribution in [2.45, 2.75) is 76.1 Å². The maximum Gasteiger partial charge on any atom is 0.322 e. The zero-order chi connectivity index (χ0) is 29.1. The van der Waals surface area contributed by atoms with Gasteiger partial charge >= 0.3 is 11.9 Å². The predicted molar refractivity (Wildman–Crippen MR) is 161 cm³/mol. The number of aliphatic hydroxyl groups is 2. The molecule has 0 aliphatic rings. The summed E-state index contributed by atoms with van der Waals surface area (Å²) in [5.74, 6) is -0.851. The number of ether oxygens (including phenoxy) is 2. The van der Waals surface area contributed by atoms with E-state index in [-0.39, 0.29) is 19.6 Å². The molecule has 2 rings (SSSR count). The molecule has 2 N–H and O–H groups in total. The lowest BCUT2D eigenvalue weighted by molar-refractivity contribution is -0.158.